The van der Waals surface area contributed by atoms with Crippen molar-refractivity contribution in [2.45, 2.75) is 6.92 Å². The van der Waals surface area contributed by atoms with Gasteiger partial charge >= 0.3 is 0 Å². The molecule has 0 heterocycles. The van der Waals surface area contributed by atoms with E-state index < -0.39 is 34.5 Å². The van der Waals surface area contributed by atoms with Crippen molar-refractivity contribution in [3.05, 3.63) is 95.3 Å². The first-order valence-electron chi connectivity index (χ1n) is 8.49. The topological polar surface area (TPSA) is 0 Å². The van der Waals surface area contributed by atoms with Crippen LogP contribution in [0.4, 0.5) is 22.0 Å². The minimum atomic E-state index is -1.74. The summed E-state index contributed by atoms with van der Waals surface area (Å²) >= 11 is 0. The van der Waals surface area contributed by atoms with Crippen molar-refractivity contribution in [3.8, 4) is 22.3 Å². The van der Waals surface area contributed by atoms with Crippen LogP contribution < -0.4 is 0 Å². The van der Waals surface area contributed by atoms with Gasteiger partial charge in [-0.05, 0) is 53.3 Å². The molecule has 0 atom stereocenters. The lowest BCUT2D eigenvalue weighted by Gasteiger charge is -2.10. The van der Waals surface area contributed by atoms with Gasteiger partial charge in [0.25, 0.3) is 0 Å². The molecule has 0 unspecified atom stereocenters. The van der Waals surface area contributed by atoms with Gasteiger partial charge in [-0.1, -0.05) is 42.0 Å². The molecule has 0 aromatic heterocycles. The van der Waals surface area contributed by atoms with E-state index in [1.165, 1.54) is 18.2 Å². The van der Waals surface area contributed by atoms with Gasteiger partial charge in [-0.25, -0.2) is 22.0 Å². The molecule has 0 saturated heterocycles. The van der Waals surface area contributed by atoms with Crippen LogP contribution in [0, 0.1) is 36.0 Å². The Morgan fingerprint density at radius 3 is 1.86 bits per heavy atom. The molecule has 4 aromatic rings. The molecule has 0 aliphatic rings. The molecule has 0 amide bonds. The zero-order valence-electron chi connectivity index (χ0n) is 14.7. The molecule has 0 radical (unpaired) electrons. The van der Waals surface area contributed by atoms with Crippen LogP contribution in [-0.4, -0.2) is 0 Å². The van der Waals surface area contributed by atoms with Gasteiger partial charge in [0.15, 0.2) is 17.5 Å². The third kappa shape index (κ3) is 3.03. The third-order valence-corrected chi connectivity index (χ3v) is 4.69. The average molecular weight is 384 g/mol. The average Bonchev–Trinajstić information content (AvgIpc) is 2.66. The van der Waals surface area contributed by atoms with E-state index in [4.69, 9.17) is 0 Å². The Kier molecular flexibility index (Phi) is 4.38. The summed E-state index contributed by atoms with van der Waals surface area (Å²) in [5.74, 6) is -6.48. The van der Waals surface area contributed by atoms with Crippen molar-refractivity contribution in [2.24, 2.45) is 0 Å². The fourth-order valence-electron chi connectivity index (χ4n) is 3.22. The number of rotatable bonds is 2. The highest BCUT2D eigenvalue weighted by Crippen LogP contribution is 2.33. The fraction of sp³-hybridized carbons (Fsp3) is 0.0435. The lowest BCUT2D eigenvalue weighted by atomic mass is 9.97. The molecule has 140 valence electrons. The van der Waals surface area contributed by atoms with Gasteiger partial charge in [-0.15, -0.1) is 0 Å². The summed E-state index contributed by atoms with van der Waals surface area (Å²) in [6.07, 6.45) is 0. The van der Waals surface area contributed by atoms with E-state index in [0.29, 0.717) is 11.6 Å². The van der Waals surface area contributed by atoms with Gasteiger partial charge < -0.3 is 0 Å². The van der Waals surface area contributed by atoms with Gasteiger partial charge in [0.1, 0.15) is 11.6 Å². The van der Waals surface area contributed by atoms with Crippen LogP contribution in [0.25, 0.3) is 33.0 Å². The molecule has 0 aliphatic heterocycles. The summed E-state index contributed by atoms with van der Waals surface area (Å²) in [6.45, 7) is 1.94. The van der Waals surface area contributed by atoms with E-state index in [1.807, 2.05) is 31.2 Å². The van der Waals surface area contributed by atoms with Crippen molar-refractivity contribution >= 4 is 10.8 Å². The van der Waals surface area contributed by atoms with Crippen molar-refractivity contribution < 1.29 is 22.0 Å². The zero-order chi connectivity index (χ0) is 20.0. The number of aryl methyl sites for hydroxylation is 1. The van der Waals surface area contributed by atoms with E-state index >= 15 is 0 Å². The second-order valence-corrected chi connectivity index (χ2v) is 6.60. The third-order valence-electron chi connectivity index (χ3n) is 4.69. The maximum absolute atomic E-state index is 14.7. The Bertz CT molecular complexity index is 1210. The van der Waals surface area contributed by atoms with Gasteiger partial charge in [0.2, 0.25) is 0 Å². The van der Waals surface area contributed by atoms with Crippen molar-refractivity contribution in [1.29, 1.82) is 0 Å². The molecule has 0 fully saturated rings. The van der Waals surface area contributed by atoms with Gasteiger partial charge in [0, 0.05) is 5.56 Å². The largest absolute Gasteiger partial charge is 0.206 e. The summed E-state index contributed by atoms with van der Waals surface area (Å²) in [4.78, 5) is 0. The standard InChI is InChI=1S/C23H13F5/c1-12-2-4-13(5-3-12)14-6-7-17(18(24)9-14)15-8-16-11-20(26)22(27)23(28)21(16)19(25)10-15/h2-11H,1H3. The SMILES string of the molecule is Cc1ccc(-c2ccc(-c3cc(F)c4c(F)c(F)c(F)cc4c3)c(F)c2)cc1. The molecular formula is C23H13F5. The molecule has 0 spiro atoms. The van der Waals surface area contributed by atoms with Crippen LogP contribution in [0.1, 0.15) is 5.56 Å². The van der Waals surface area contributed by atoms with Crippen LogP contribution in [0.2, 0.25) is 0 Å². The number of hydrogen-bond acceptors (Lipinski definition) is 0. The lowest BCUT2D eigenvalue weighted by Crippen LogP contribution is -1.96. The van der Waals surface area contributed by atoms with Gasteiger partial charge in [-0.2, -0.15) is 0 Å². The van der Waals surface area contributed by atoms with Crippen LogP contribution in [0.3, 0.4) is 0 Å². The van der Waals surface area contributed by atoms with Gasteiger partial charge in [0.05, 0.1) is 5.39 Å². The first-order chi connectivity index (χ1) is 13.3. The van der Waals surface area contributed by atoms with Crippen LogP contribution in [0.5, 0.6) is 0 Å². The number of fused-ring (bicyclic) bond motifs is 1. The summed E-state index contributed by atoms with van der Waals surface area (Å²) in [5, 5.41) is -0.854. The first kappa shape index (κ1) is 18.2. The van der Waals surface area contributed by atoms with Crippen LogP contribution in [0.15, 0.2) is 60.7 Å². The normalized spacial score (nSPS) is 11.2. The Balaban J connectivity index is 1.84. The predicted octanol–water partition coefficient (Wildman–Crippen LogP) is 7.18. The number of halogens is 5. The predicted molar refractivity (Wildman–Crippen MR) is 99.3 cm³/mol. The molecule has 0 aliphatic carbocycles. The molecule has 4 aromatic carbocycles. The van der Waals surface area contributed by atoms with Gasteiger partial charge in [-0.3, -0.25) is 0 Å². The quantitative estimate of drug-likeness (QED) is 0.254. The molecule has 0 saturated carbocycles. The highest BCUT2D eigenvalue weighted by atomic mass is 19.2. The second kappa shape index (κ2) is 6.75. The van der Waals surface area contributed by atoms with E-state index in [0.717, 1.165) is 17.2 Å². The summed E-state index contributed by atoms with van der Waals surface area (Å²) in [5.41, 5.74) is 2.70. The Morgan fingerprint density at radius 2 is 1.18 bits per heavy atom. The monoisotopic (exact) mass is 384 g/mol. The molecule has 4 rings (SSSR count). The molecule has 0 N–H and O–H groups in total. The minimum Gasteiger partial charge on any atom is -0.206 e. The Hall–Kier alpha value is -3.21. The molecular weight excluding hydrogens is 371 g/mol. The first-order valence-corrected chi connectivity index (χ1v) is 8.49. The van der Waals surface area contributed by atoms with Crippen molar-refractivity contribution in [2.75, 3.05) is 0 Å². The highest BCUT2D eigenvalue weighted by molar-refractivity contribution is 5.89. The summed E-state index contributed by atoms with van der Waals surface area (Å²) in [6, 6.07) is 14.8. The van der Waals surface area contributed by atoms with E-state index in [1.54, 1.807) is 6.07 Å². The fourth-order valence-corrected chi connectivity index (χ4v) is 3.22. The Morgan fingerprint density at radius 1 is 0.536 bits per heavy atom. The van der Waals surface area contributed by atoms with E-state index in [2.05, 4.69) is 0 Å². The smallest absolute Gasteiger partial charge is 0.195 e. The molecule has 28 heavy (non-hydrogen) atoms. The van der Waals surface area contributed by atoms with E-state index in [-0.39, 0.29) is 16.5 Å². The molecule has 0 nitrogen and oxygen atoms in total. The lowest BCUT2D eigenvalue weighted by molar-refractivity contribution is 0.451. The maximum atomic E-state index is 14.7. The number of benzene rings is 4. The van der Waals surface area contributed by atoms with Crippen LogP contribution >= 0.6 is 0 Å². The van der Waals surface area contributed by atoms with Crippen molar-refractivity contribution in [1.82, 2.24) is 0 Å². The highest BCUT2D eigenvalue weighted by Gasteiger charge is 2.19. The second-order valence-electron chi connectivity index (χ2n) is 6.60. The minimum absolute atomic E-state index is 0.0711. The number of hydrogen-bond donors (Lipinski definition) is 0. The molecule has 5 heteroatoms. The van der Waals surface area contributed by atoms with Crippen LogP contribution in [-0.2, 0) is 0 Å². The zero-order valence-corrected chi connectivity index (χ0v) is 14.7. The van der Waals surface area contributed by atoms with E-state index in [9.17, 15) is 22.0 Å². The summed E-state index contributed by atoms with van der Waals surface area (Å²) in [7, 11) is 0. The summed E-state index contributed by atoms with van der Waals surface area (Å²) < 4.78 is 69.9. The van der Waals surface area contributed by atoms with Crippen molar-refractivity contribution in [3.63, 3.8) is 0 Å². The Labute approximate surface area is 157 Å². The molecule has 0 bridgehead atoms. The maximum Gasteiger partial charge on any atom is 0.195 e.